The summed E-state index contributed by atoms with van der Waals surface area (Å²) >= 11 is 0. The molecule has 0 saturated carbocycles. The molecule has 0 spiro atoms. The van der Waals surface area contributed by atoms with E-state index in [2.05, 4.69) is 35.9 Å². The lowest BCUT2D eigenvalue weighted by atomic mass is 9.69. The number of hydrogen-bond donors (Lipinski definition) is 1. The van der Waals surface area contributed by atoms with Gasteiger partial charge in [-0.3, -0.25) is 9.59 Å². The Kier molecular flexibility index (Phi) is 11.0. The van der Waals surface area contributed by atoms with Gasteiger partial charge in [-0.15, -0.1) is 0 Å². The standard InChI is InChI=1S/C36H49N7O4/c1-23(2)43-34(39-35(46)47-43)36(16-17-38-22-32(44)42-18-10-11-30(42)21-37)25(4)27(19-24(3)26(5)40(6)7)12-13-28-20-29(14-15-31(28)36)33(45)41(8)9/h14-15,19-20,23,30,38H,5,10-13,16-18,22H2,1-4,6-9H3/b24-19+. The minimum Gasteiger partial charge on any atom is -0.378 e. The highest BCUT2D eigenvalue weighted by Gasteiger charge is 2.45. The monoisotopic (exact) mass is 643 g/mol. The Morgan fingerprint density at radius 3 is 2.60 bits per heavy atom. The zero-order valence-electron chi connectivity index (χ0n) is 29.1. The Morgan fingerprint density at radius 2 is 1.96 bits per heavy atom. The number of carbonyl (C=O) groups is 2. The first kappa shape index (κ1) is 35.4. The maximum absolute atomic E-state index is 13.1. The second-order valence-electron chi connectivity index (χ2n) is 13.3. The summed E-state index contributed by atoms with van der Waals surface area (Å²) in [6, 6.07) is 7.44. The van der Waals surface area contributed by atoms with Crippen LogP contribution in [0.15, 0.2) is 62.6 Å². The Hall–Kier alpha value is -4.43. The van der Waals surface area contributed by atoms with E-state index in [0.717, 1.165) is 40.0 Å². The van der Waals surface area contributed by atoms with Crippen LogP contribution in [0.4, 0.5) is 0 Å². The average Bonchev–Trinajstić information content (AvgIpc) is 3.66. The molecule has 0 bridgehead atoms. The van der Waals surface area contributed by atoms with E-state index in [-0.39, 0.29) is 24.4 Å². The lowest BCUT2D eigenvalue weighted by Crippen LogP contribution is -2.42. The van der Waals surface area contributed by atoms with Gasteiger partial charge in [-0.1, -0.05) is 24.3 Å². The van der Waals surface area contributed by atoms with Gasteiger partial charge in [0.25, 0.3) is 5.91 Å². The van der Waals surface area contributed by atoms with Crippen molar-refractivity contribution in [3.63, 3.8) is 0 Å². The average molecular weight is 644 g/mol. The highest BCUT2D eigenvalue weighted by molar-refractivity contribution is 5.94. The highest BCUT2D eigenvalue weighted by Crippen LogP contribution is 2.48. The van der Waals surface area contributed by atoms with E-state index in [1.54, 1.807) is 28.6 Å². The van der Waals surface area contributed by atoms with E-state index in [1.807, 2.05) is 58.0 Å². The molecule has 1 aromatic carbocycles. The van der Waals surface area contributed by atoms with E-state index in [0.29, 0.717) is 50.2 Å². The summed E-state index contributed by atoms with van der Waals surface area (Å²) in [5.74, 6) is -0.397. The molecule has 2 heterocycles. The second-order valence-corrected chi connectivity index (χ2v) is 13.3. The number of nitrogens with zero attached hydrogens (tertiary/aromatic N) is 6. The van der Waals surface area contributed by atoms with Crippen LogP contribution >= 0.6 is 0 Å². The first-order valence-corrected chi connectivity index (χ1v) is 16.3. The number of rotatable bonds is 11. The number of aromatic nitrogens is 2. The van der Waals surface area contributed by atoms with Crippen LogP contribution in [-0.4, -0.2) is 90.1 Å². The topological polar surface area (TPSA) is 128 Å². The predicted molar refractivity (Wildman–Crippen MR) is 182 cm³/mol. The van der Waals surface area contributed by atoms with Crippen molar-refractivity contribution in [2.45, 2.75) is 77.3 Å². The van der Waals surface area contributed by atoms with Gasteiger partial charge in [0.1, 0.15) is 6.04 Å². The van der Waals surface area contributed by atoms with Gasteiger partial charge in [-0.2, -0.15) is 15.0 Å². The minimum absolute atomic E-state index is 0.0878. The number of benzene rings is 1. The molecular weight excluding hydrogens is 594 g/mol. The molecule has 252 valence electrons. The molecule has 2 aliphatic rings. The Balaban J connectivity index is 1.90. The molecule has 1 aliphatic heterocycles. The fourth-order valence-electron chi connectivity index (χ4n) is 6.83. The maximum atomic E-state index is 13.1. The number of likely N-dealkylation sites (tertiary alicyclic amines) is 1. The van der Waals surface area contributed by atoms with Crippen LogP contribution in [0.25, 0.3) is 0 Å². The highest BCUT2D eigenvalue weighted by atomic mass is 16.5. The van der Waals surface area contributed by atoms with Crippen molar-refractivity contribution in [1.29, 1.82) is 5.26 Å². The van der Waals surface area contributed by atoms with Gasteiger partial charge in [0, 0.05) is 46.0 Å². The van der Waals surface area contributed by atoms with Crippen molar-refractivity contribution in [2.75, 3.05) is 47.8 Å². The molecule has 0 radical (unpaired) electrons. The zero-order valence-corrected chi connectivity index (χ0v) is 29.1. The Labute approximate surface area is 278 Å². The summed E-state index contributed by atoms with van der Waals surface area (Å²) in [5, 5.41) is 12.8. The number of hydrogen-bond acceptors (Lipinski definition) is 8. The largest absolute Gasteiger partial charge is 0.459 e. The smallest absolute Gasteiger partial charge is 0.378 e. The van der Waals surface area contributed by atoms with E-state index in [4.69, 9.17) is 4.52 Å². The van der Waals surface area contributed by atoms with E-state index >= 15 is 0 Å². The number of allylic oxidation sites excluding steroid dienone is 4. The fourth-order valence-corrected chi connectivity index (χ4v) is 6.83. The van der Waals surface area contributed by atoms with Gasteiger partial charge in [0.2, 0.25) is 5.91 Å². The first-order valence-electron chi connectivity index (χ1n) is 16.3. The summed E-state index contributed by atoms with van der Waals surface area (Å²) in [6.45, 7) is 13.4. The summed E-state index contributed by atoms with van der Waals surface area (Å²) in [7, 11) is 7.39. The lowest BCUT2D eigenvalue weighted by Gasteiger charge is -2.37. The molecule has 2 amide bonds. The SMILES string of the molecule is C=C(/C(C)=C/C1=C(C)C(CCNCC(=O)N2CCCC2C#N)(c2nc(=O)on2C(C)C)c2ccc(C(=O)N(C)C)cc2CC1)N(C)C. The van der Waals surface area contributed by atoms with Crippen LogP contribution in [-0.2, 0) is 16.6 Å². The first-order chi connectivity index (χ1) is 22.2. The Bertz CT molecular complexity index is 1690. The zero-order chi connectivity index (χ0) is 34.6. The molecule has 11 heteroatoms. The van der Waals surface area contributed by atoms with Crippen molar-refractivity contribution >= 4 is 11.8 Å². The molecule has 1 saturated heterocycles. The van der Waals surface area contributed by atoms with Gasteiger partial charge >= 0.3 is 5.76 Å². The second kappa shape index (κ2) is 14.6. The number of amides is 2. The fraction of sp³-hybridized carbons (Fsp3) is 0.528. The van der Waals surface area contributed by atoms with Crippen LogP contribution in [0.2, 0.25) is 0 Å². The van der Waals surface area contributed by atoms with Crippen LogP contribution < -0.4 is 11.1 Å². The molecule has 1 aromatic heterocycles. The molecule has 1 fully saturated rings. The number of nitriles is 1. The molecule has 1 N–H and O–H groups in total. The summed E-state index contributed by atoms with van der Waals surface area (Å²) in [6.07, 6.45) is 5.48. The number of nitrogens with one attached hydrogen (secondary N) is 1. The third-order valence-electron chi connectivity index (χ3n) is 9.50. The molecule has 4 rings (SSSR count). The van der Waals surface area contributed by atoms with Gasteiger partial charge in [0.15, 0.2) is 5.82 Å². The van der Waals surface area contributed by atoms with Crippen molar-refractivity contribution < 1.29 is 14.1 Å². The third kappa shape index (κ3) is 7.13. The summed E-state index contributed by atoms with van der Waals surface area (Å²) in [5.41, 5.74) is 5.56. The molecule has 2 atom stereocenters. The van der Waals surface area contributed by atoms with Crippen molar-refractivity contribution in [3.8, 4) is 6.07 Å². The quantitative estimate of drug-likeness (QED) is 0.285. The van der Waals surface area contributed by atoms with Crippen molar-refractivity contribution in [1.82, 2.24) is 29.7 Å². The predicted octanol–water partition coefficient (Wildman–Crippen LogP) is 4.18. The molecule has 2 unspecified atom stereocenters. The van der Waals surface area contributed by atoms with Crippen molar-refractivity contribution in [2.24, 2.45) is 0 Å². The third-order valence-corrected chi connectivity index (χ3v) is 9.50. The van der Waals surface area contributed by atoms with Gasteiger partial charge in [-0.25, -0.2) is 4.79 Å². The van der Waals surface area contributed by atoms with E-state index < -0.39 is 17.2 Å². The molecule has 47 heavy (non-hydrogen) atoms. The minimum atomic E-state index is -0.938. The lowest BCUT2D eigenvalue weighted by molar-refractivity contribution is -0.130. The van der Waals surface area contributed by atoms with Crippen LogP contribution in [0.5, 0.6) is 0 Å². The molecule has 11 nitrogen and oxygen atoms in total. The summed E-state index contributed by atoms with van der Waals surface area (Å²) < 4.78 is 7.29. The van der Waals surface area contributed by atoms with Crippen LogP contribution in [0.1, 0.15) is 86.7 Å². The van der Waals surface area contributed by atoms with Gasteiger partial charge in [0.05, 0.1) is 24.1 Å². The van der Waals surface area contributed by atoms with Gasteiger partial charge in [-0.05, 0) is 101 Å². The van der Waals surface area contributed by atoms with Gasteiger partial charge < -0.3 is 24.5 Å². The molecule has 1 aliphatic carbocycles. The van der Waals surface area contributed by atoms with E-state index in [1.165, 1.54) is 0 Å². The Morgan fingerprint density at radius 1 is 1.23 bits per heavy atom. The van der Waals surface area contributed by atoms with E-state index in [9.17, 15) is 19.6 Å². The maximum Gasteiger partial charge on any atom is 0.459 e. The number of aryl methyl sites for hydroxylation is 1. The number of likely N-dealkylation sites (N-methyl/N-ethyl adjacent to an activating group) is 1. The number of carbonyl (C=O) groups excluding carboxylic acids is 2. The summed E-state index contributed by atoms with van der Waals surface area (Å²) in [4.78, 5) is 48.8. The van der Waals surface area contributed by atoms with Crippen molar-refractivity contribution in [3.05, 3.63) is 86.3 Å². The van der Waals surface area contributed by atoms with Crippen LogP contribution in [0, 0.1) is 11.3 Å². The normalized spacial score (nSPS) is 19.8. The number of fused-ring (bicyclic) bond motifs is 1. The molecular formula is C36H49N7O4. The van der Waals surface area contributed by atoms with Crippen LogP contribution in [0.3, 0.4) is 0 Å². The molecule has 2 aromatic rings.